The number of benzene rings is 1. The first-order valence-electron chi connectivity index (χ1n) is 8.44. The van der Waals surface area contributed by atoms with E-state index in [9.17, 15) is 10.4 Å². The van der Waals surface area contributed by atoms with E-state index in [4.69, 9.17) is 4.42 Å². The lowest BCUT2D eigenvalue weighted by Crippen LogP contribution is -2.57. The minimum absolute atomic E-state index is 0.345. The van der Waals surface area contributed by atoms with E-state index >= 15 is 0 Å². The van der Waals surface area contributed by atoms with Crippen molar-refractivity contribution in [1.82, 2.24) is 5.06 Å². The Balaban J connectivity index is 1.99. The molecule has 1 aliphatic rings. The summed E-state index contributed by atoms with van der Waals surface area (Å²) in [5.41, 5.74) is 3.33. The second-order valence-corrected chi connectivity index (χ2v) is 7.19. The normalized spacial score (nSPS) is 23.5. The van der Waals surface area contributed by atoms with Gasteiger partial charge in [0.2, 0.25) is 0 Å². The number of hydrogen-bond acceptors (Lipinski definition) is 6. The molecule has 0 radical (unpaired) electrons. The van der Waals surface area contributed by atoms with Gasteiger partial charge in [-0.1, -0.05) is 17.7 Å². The summed E-state index contributed by atoms with van der Waals surface area (Å²) < 4.78 is 6.18. The number of hydrazone groups is 1. The van der Waals surface area contributed by atoms with Crippen LogP contribution >= 0.6 is 0 Å². The highest BCUT2D eigenvalue weighted by atomic mass is 16.6. The zero-order valence-electron chi connectivity index (χ0n) is 15.6. The molecule has 7 nitrogen and oxygen atoms in total. The molecule has 0 saturated carbocycles. The number of nitrogens with zero attached hydrogens (tertiary/aromatic N) is 3. The zero-order valence-corrected chi connectivity index (χ0v) is 15.6. The highest BCUT2D eigenvalue weighted by Crippen LogP contribution is 2.36. The number of nitrogens with one attached hydrogen (secondary N) is 1. The molecule has 0 fully saturated rings. The Bertz CT molecular complexity index is 853. The third-order valence-corrected chi connectivity index (χ3v) is 4.96. The number of aryl methyl sites for hydroxylation is 1. The molecule has 26 heavy (non-hydrogen) atoms. The Morgan fingerprint density at radius 3 is 2.46 bits per heavy atom. The molecular weight excluding hydrogens is 332 g/mol. The lowest BCUT2D eigenvalue weighted by atomic mass is 9.96. The summed E-state index contributed by atoms with van der Waals surface area (Å²) in [6.45, 7) is 8.87. The van der Waals surface area contributed by atoms with Crippen molar-refractivity contribution < 1.29 is 14.4 Å². The van der Waals surface area contributed by atoms with Gasteiger partial charge in [0.25, 0.3) is 11.4 Å². The molecule has 7 heteroatoms. The molecule has 1 aliphatic heterocycles. The fraction of sp³-hybridized carbons (Fsp3) is 0.368. The van der Waals surface area contributed by atoms with Gasteiger partial charge in [-0.25, -0.2) is 0 Å². The van der Waals surface area contributed by atoms with Gasteiger partial charge in [-0.3, -0.25) is 5.43 Å². The second kappa shape index (κ2) is 6.26. The molecule has 0 spiro atoms. The van der Waals surface area contributed by atoms with Crippen LogP contribution in [0.25, 0.3) is 0 Å². The van der Waals surface area contributed by atoms with Crippen LogP contribution in [0.15, 0.2) is 52.2 Å². The van der Waals surface area contributed by atoms with Crippen LogP contribution in [0.5, 0.6) is 0 Å². The number of rotatable bonds is 4. The molecule has 0 bridgehead atoms. The van der Waals surface area contributed by atoms with E-state index in [-0.39, 0.29) is 0 Å². The minimum Gasteiger partial charge on any atom is -0.622 e. The third-order valence-electron chi connectivity index (χ3n) is 4.96. The summed E-state index contributed by atoms with van der Waals surface area (Å²) in [4.78, 5) is 0. The van der Waals surface area contributed by atoms with Gasteiger partial charge in [-0.05, 0) is 52.0 Å². The van der Waals surface area contributed by atoms with Gasteiger partial charge in [0, 0.05) is 6.92 Å². The molecule has 2 N–H and O–H groups in total. The zero-order chi connectivity index (χ0) is 19.1. The maximum absolute atomic E-state index is 13.2. The van der Waals surface area contributed by atoms with Crippen LogP contribution in [-0.4, -0.2) is 37.6 Å². The Hall–Kier alpha value is -2.64. The summed E-state index contributed by atoms with van der Waals surface area (Å²) in [6.07, 6.45) is 1.50. The third kappa shape index (κ3) is 2.69. The Kier molecular flexibility index (Phi) is 4.37. The maximum atomic E-state index is 13.2. The van der Waals surface area contributed by atoms with Crippen molar-refractivity contribution in [1.29, 1.82) is 0 Å². The quantitative estimate of drug-likeness (QED) is 0.378. The first kappa shape index (κ1) is 18.2. The Morgan fingerprint density at radius 1 is 1.23 bits per heavy atom. The van der Waals surface area contributed by atoms with Gasteiger partial charge in [0.15, 0.2) is 5.76 Å². The fourth-order valence-electron chi connectivity index (χ4n) is 3.19. The summed E-state index contributed by atoms with van der Waals surface area (Å²) in [6, 6.07) is 11.2. The van der Waals surface area contributed by atoms with Crippen molar-refractivity contribution in [2.24, 2.45) is 5.10 Å². The first-order chi connectivity index (χ1) is 12.2. The largest absolute Gasteiger partial charge is 0.622 e. The number of hydrogen-bond donors (Lipinski definition) is 2. The minimum atomic E-state index is -1.37. The topological polar surface area (TPSA) is 87.1 Å². The molecule has 1 atom stereocenters. The van der Waals surface area contributed by atoms with E-state index in [1.807, 2.05) is 31.2 Å². The van der Waals surface area contributed by atoms with E-state index in [0.29, 0.717) is 17.2 Å². The Morgan fingerprint density at radius 2 is 1.88 bits per heavy atom. The molecule has 1 unspecified atom stereocenters. The van der Waals surface area contributed by atoms with E-state index in [1.165, 1.54) is 6.26 Å². The molecule has 138 valence electrons. The van der Waals surface area contributed by atoms with Crippen molar-refractivity contribution in [3.63, 3.8) is 0 Å². The molecule has 1 aromatic carbocycles. The summed E-state index contributed by atoms with van der Waals surface area (Å²) in [7, 11) is 0. The highest BCUT2D eigenvalue weighted by Gasteiger charge is 2.62. The standard InChI is InChI=1S/C19H24N4O3/c1-13-8-10-15(11-9-13)21-20-14(2)19(5)22(24)17(16-7-6-12-26-16)18(3,4)23(19)25/h6-12,21,25H,1-5H3/b20-14+. The van der Waals surface area contributed by atoms with Crippen LogP contribution < -0.4 is 5.43 Å². The highest BCUT2D eigenvalue weighted by molar-refractivity contribution is 6.04. The molecule has 2 heterocycles. The summed E-state index contributed by atoms with van der Waals surface area (Å²) in [5, 5.41) is 29.4. The summed E-state index contributed by atoms with van der Waals surface area (Å²) in [5.74, 6) is 0.423. The number of hydroxylamine groups is 3. The molecular formula is C19H24N4O3. The predicted octanol–water partition coefficient (Wildman–Crippen LogP) is 3.58. The van der Waals surface area contributed by atoms with Crippen LogP contribution in [0.1, 0.15) is 39.0 Å². The predicted molar refractivity (Wildman–Crippen MR) is 100 cm³/mol. The molecule has 2 aromatic rings. The molecule has 0 aliphatic carbocycles. The van der Waals surface area contributed by atoms with Gasteiger partial charge in [-0.2, -0.15) is 9.84 Å². The second-order valence-electron chi connectivity index (χ2n) is 7.19. The fourth-order valence-corrected chi connectivity index (χ4v) is 3.19. The van der Waals surface area contributed by atoms with Crippen molar-refractivity contribution in [3.8, 4) is 0 Å². The van der Waals surface area contributed by atoms with Crippen molar-refractivity contribution in [2.75, 3.05) is 5.43 Å². The van der Waals surface area contributed by atoms with Crippen LogP contribution in [0.3, 0.4) is 0 Å². The van der Waals surface area contributed by atoms with Gasteiger partial charge in [0.05, 0.1) is 12.0 Å². The average molecular weight is 356 g/mol. The monoisotopic (exact) mass is 356 g/mol. The number of anilines is 1. The van der Waals surface area contributed by atoms with Gasteiger partial charge < -0.3 is 14.8 Å². The SMILES string of the molecule is C/C(=N\Nc1ccc(C)cc1)C1(C)N(O)C(C)(C)C(c2ccco2)=[N+]1[O-]. The van der Waals surface area contributed by atoms with E-state index in [1.54, 1.807) is 39.8 Å². The van der Waals surface area contributed by atoms with Crippen molar-refractivity contribution in [2.45, 2.75) is 45.8 Å². The lowest BCUT2D eigenvalue weighted by Gasteiger charge is -2.32. The van der Waals surface area contributed by atoms with Crippen LogP contribution in [-0.2, 0) is 0 Å². The van der Waals surface area contributed by atoms with Crippen LogP contribution in [0.4, 0.5) is 5.69 Å². The average Bonchev–Trinajstić information content (AvgIpc) is 3.16. The smallest absolute Gasteiger partial charge is 0.289 e. The molecule has 0 amide bonds. The Labute approximate surface area is 152 Å². The first-order valence-corrected chi connectivity index (χ1v) is 8.44. The molecule has 0 saturated heterocycles. The van der Waals surface area contributed by atoms with Crippen LogP contribution in [0, 0.1) is 12.1 Å². The van der Waals surface area contributed by atoms with E-state index < -0.39 is 11.2 Å². The van der Waals surface area contributed by atoms with E-state index in [2.05, 4.69) is 10.5 Å². The van der Waals surface area contributed by atoms with Gasteiger partial charge >= 0.3 is 0 Å². The van der Waals surface area contributed by atoms with Gasteiger partial charge in [-0.15, -0.1) is 5.06 Å². The molecule has 1 aromatic heterocycles. The maximum Gasteiger partial charge on any atom is 0.289 e. The van der Waals surface area contributed by atoms with E-state index in [0.717, 1.165) is 21.1 Å². The van der Waals surface area contributed by atoms with Crippen molar-refractivity contribution in [3.05, 3.63) is 59.2 Å². The summed E-state index contributed by atoms with van der Waals surface area (Å²) >= 11 is 0. The number of furan rings is 1. The van der Waals surface area contributed by atoms with Crippen LogP contribution in [0.2, 0.25) is 0 Å². The molecule has 3 rings (SSSR count). The van der Waals surface area contributed by atoms with Gasteiger partial charge in [0.1, 0.15) is 11.3 Å². The van der Waals surface area contributed by atoms with Crippen molar-refractivity contribution >= 4 is 17.1 Å². The lowest BCUT2D eigenvalue weighted by molar-refractivity contribution is -0.560.